The maximum atomic E-state index is 9.19. The summed E-state index contributed by atoms with van der Waals surface area (Å²) in [5, 5.41) is 21.2. The number of hydrogen-bond donors (Lipinski definition) is 1. The minimum atomic E-state index is 0.432. The van der Waals surface area contributed by atoms with Crippen LogP contribution in [0.5, 0.6) is 0 Å². The van der Waals surface area contributed by atoms with Gasteiger partial charge < -0.3 is 5.21 Å². The Morgan fingerprint density at radius 2 is 1.95 bits per heavy atom. The van der Waals surface area contributed by atoms with E-state index in [1.807, 2.05) is 30.3 Å². The van der Waals surface area contributed by atoms with Gasteiger partial charge in [-0.05, 0) is 37.0 Å². The van der Waals surface area contributed by atoms with Crippen LogP contribution < -0.4 is 0 Å². The van der Waals surface area contributed by atoms with Gasteiger partial charge in [0.1, 0.15) is 0 Å². The number of rotatable bonds is 1. The lowest BCUT2D eigenvalue weighted by Crippen LogP contribution is -2.21. The van der Waals surface area contributed by atoms with E-state index in [0.29, 0.717) is 11.6 Å². The first-order valence-corrected chi connectivity index (χ1v) is 7.30. The summed E-state index contributed by atoms with van der Waals surface area (Å²) in [6, 6.07) is 9.88. The van der Waals surface area contributed by atoms with E-state index in [4.69, 9.17) is 0 Å². The molecule has 20 heavy (non-hydrogen) atoms. The first kappa shape index (κ1) is 13.2. The second-order valence-corrected chi connectivity index (χ2v) is 6.07. The predicted octanol–water partition coefficient (Wildman–Crippen LogP) is 3.67. The van der Waals surface area contributed by atoms with Crippen LogP contribution >= 0.6 is 15.9 Å². The van der Waals surface area contributed by atoms with E-state index >= 15 is 0 Å². The Balaban J connectivity index is 2.06. The first-order chi connectivity index (χ1) is 9.67. The average Bonchev–Trinajstić information content (AvgIpc) is 2.46. The quantitative estimate of drug-likeness (QED) is 0.640. The first-order valence-electron chi connectivity index (χ1n) is 6.51. The van der Waals surface area contributed by atoms with Crippen molar-refractivity contribution in [3.05, 3.63) is 46.1 Å². The standard InChI is InChI=1S/C15H14BrN3O/c1-9-6-14-12(15(7-9)19-20)8-13(17-18-14)10-2-4-11(16)5-3-10/h2-5,8-9,20H,6-7H2,1H3/t9-/m1/s1. The Hall–Kier alpha value is -1.75. The summed E-state index contributed by atoms with van der Waals surface area (Å²) >= 11 is 3.42. The predicted molar refractivity (Wildman–Crippen MR) is 81.0 cm³/mol. The van der Waals surface area contributed by atoms with Crippen LogP contribution in [0.1, 0.15) is 24.6 Å². The van der Waals surface area contributed by atoms with Gasteiger partial charge in [0.05, 0.1) is 17.1 Å². The highest BCUT2D eigenvalue weighted by atomic mass is 79.9. The molecular weight excluding hydrogens is 318 g/mol. The SMILES string of the molecule is C[C@H]1CC(=NO)c2cc(-c3ccc(Br)cc3)nnc2C1. The summed E-state index contributed by atoms with van der Waals surface area (Å²) in [6.07, 6.45) is 1.65. The number of oxime groups is 1. The Kier molecular flexibility index (Phi) is 3.53. The average molecular weight is 332 g/mol. The summed E-state index contributed by atoms with van der Waals surface area (Å²) in [7, 11) is 0. The van der Waals surface area contributed by atoms with Crippen molar-refractivity contribution in [2.75, 3.05) is 0 Å². The zero-order chi connectivity index (χ0) is 14.1. The van der Waals surface area contributed by atoms with Gasteiger partial charge in [0.15, 0.2) is 0 Å². The smallest absolute Gasteiger partial charge is 0.0936 e. The Bertz CT molecular complexity index is 667. The molecule has 4 nitrogen and oxygen atoms in total. The molecule has 1 aromatic carbocycles. The lowest BCUT2D eigenvalue weighted by atomic mass is 9.86. The largest absolute Gasteiger partial charge is 0.411 e. The van der Waals surface area contributed by atoms with Gasteiger partial charge in [0.25, 0.3) is 0 Å². The van der Waals surface area contributed by atoms with Crippen molar-refractivity contribution in [1.29, 1.82) is 0 Å². The molecule has 0 saturated carbocycles. The maximum absolute atomic E-state index is 9.19. The fourth-order valence-electron chi connectivity index (χ4n) is 2.52. The maximum Gasteiger partial charge on any atom is 0.0936 e. The number of nitrogens with zero attached hydrogens (tertiary/aromatic N) is 3. The van der Waals surface area contributed by atoms with Gasteiger partial charge in [-0.25, -0.2) is 0 Å². The van der Waals surface area contributed by atoms with E-state index in [1.165, 1.54) is 0 Å². The Labute approximate surface area is 125 Å². The van der Waals surface area contributed by atoms with Crippen molar-refractivity contribution < 1.29 is 5.21 Å². The number of halogens is 1. The monoisotopic (exact) mass is 331 g/mol. The van der Waals surface area contributed by atoms with Gasteiger partial charge in [-0.15, -0.1) is 0 Å². The van der Waals surface area contributed by atoms with E-state index < -0.39 is 0 Å². The topological polar surface area (TPSA) is 58.4 Å². The number of hydrogen-bond acceptors (Lipinski definition) is 4. The fourth-order valence-corrected chi connectivity index (χ4v) is 2.78. The summed E-state index contributed by atoms with van der Waals surface area (Å²) in [6.45, 7) is 2.12. The van der Waals surface area contributed by atoms with Gasteiger partial charge >= 0.3 is 0 Å². The van der Waals surface area contributed by atoms with E-state index in [-0.39, 0.29) is 0 Å². The third-order valence-electron chi connectivity index (χ3n) is 3.53. The van der Waals surface area contributed by atoms with Gasteiger partial charge in [-0.1, -0.05) is 40.1 Å². The summed E-state index contributed by atoms with van der Waals surface area (Å²) in [4.78, 5) is 0. The third-order valence-corrected chi connectivity index (χ3v) is 4.05. The summed E-state index contributed by atoms with van der Waals surface area (Å²) in [5.41, 5.74) is 4.33. The van der Waals surface area contributed by atoms with Crippen molar-refractivity contribution in [3.8, 4) is 11.3 Å². The molecule has 0 saturated heterocycles. The van der Waals surface area contributed by atoms with Gasteiger partial charge in [0.2, 0.25) is 0 Å². The van der Waals surface area contributed by atoms with Crippen LogP contribution in [0.3, 0.4) is 0 Å². The molecular formula is C15H14BrN3O. The fraction of sp³-hybridized carbons (Fsp3) is 0.267. The molecule has 0 unspecified atom stereocenters. The van der Waals surface area contributed by atoms with E-state index in [9.17, 15) is 5.21 Å². The molecule has 2 aromatic rings. The minimum Gasteiger partial charge on any atom is -0.411 e. The highest BCUT2D eigenvalue weighted by molar-refractivity contribution is 9.10. The van der Waals surface area contributed by atoms with Crippen LogP contribution in [-0.2, 0) is 6.42 Å². The van der Waals surface area contributed by atoms with Crippen molar-refractivity contribution in [1.82, 2.24) is 10.2 Å². The van der Waals surface area contributed by atoms with Gasteiger partial charge in [0, 0.05) is 15.6 Å². The van der Waals surface area contributed by atoms with E-state index in [1.54, 1.807) is 0 Å². The minimum absolute atomic E-state index is 0.432. The molecule has 0 spiro atoms. The van der Waals surface area contributed by atoms with Gasteiger partial charge in [-0.2, -0.15) is 10.2 Å². The zero-order valence-corrected chi connectivity index (χ0v) is 12.6. The molecule has 0 aliphatic heterocycles. The van der Waals surface area contributed by atoms with Crippen LogP contribution in [0.2, 0.25) is 0 Å². The zero-order valence-electron chi connectivity index (χ0n) is 11.0. The molecule has 1 N–H and O–H groups in total. The van der Waals surface area contributed by atoms with Crippen LogP contribution in [0.25, 0.3) is 11.3 Å². The van der Waals surface area contributed by atoms with Crippen LogP contribution in [-0.4, -0.2) is 21.1 Å². The lowest BCUT2D eigenvalue weighted by Gasteiger charge is -2.21. The molecule has 3 rings (SSSR count). The Morgan fingerprint density at radius 1 is 1.20 bits per heavy atom. The van der Waals surface area contributed by atoms with E-state index in [2.05, 4.69) is 38.2 Å². The van der Waals surface area contributed by atoms with E-state index in [0.717, 1.165) is 39.8 Å². The highest BCUT2D eigenvalue weighted by Crippen LogP contribution is 2.27. The molecule has 1 aliphatic rings. The molecule has 5 heteroatoms. The molecule has 1 aromatic heterocycles. The molecule has 1 atom stereocenters. The van der Waals surface area contributed by atoms with Crippen LogP contribution in [0.15, 0.2) is 40.0 Å². The van der Waals surface area contributed by atoms with Crippen LogP contribution in [0.4, 0.5) is 0 Å². The molecule has 102 valence electrons. The Morgan fingerprint density at radius 3 is 2.65 bits per heavy atom. The molecule has 0 radical (unpaired) electrons. The van der Waals surface area contributed by atoms with Crippen molar-refractivity contribution in [2.45, 2.75) is 19.8 Å². The van der Waals surface area contributed by atoms with Gasteiger partial charge in [-0.3, -0.25) is 0 Å². The number of benzene rings is 1. The summed E-state index contributed by atoms with van der Waals surface area (Å²) < 4.78 is 1.03. The second kappa shape index (κ2) is 5.32. The summed E-state index contributed by atoms with van der Waals surface area (Å²) in [5.74, 6) is 0.432. The van der Waals surface area contributed by atoms with Crippen molar-refractivity contribution in [2.24, 2.45) is 11.1 Å². The molecule has 1 aliphatic carbocycles. The second-order valence-electron chi connectivity index (χ2n) is 5.16. The highest BCUT2D eigenvalue weighted by Gasteiger charge is 2.23. The third kappa shape index (κ3) is 2.45. The number of aromatic nitrogens is 2. The van der Waals surface area contributed by atoms with Crippen LogP contribution in [0, 0.1) is 5.92 Å². The lowest BCUT2D eigenvalue weighted by molar-refractivity contribution is 0.316. The molecule has 1 heterocycles. The number of fused-ring (bicyclic) bond motifs is 1. The molecule has 0 bridgehead atoms. The molecule has 0 amide bonds. The molecule has 0 fully saturated rings. The normalized spacial score (nSPS) is 19.9. The van der Waals surface area contributed by atoms with Crippen molar-refractivity contribution in [3.63, 3.8) is 0 Å². The van der Waals surface area contributed by atoms with Crippen molar-refractivity contribution >= 4 is 21.6 Å².